The van der Waals surface area contributed by atoms with Gasteiger partial charge in [0.05, 0.1) is 0 Å². The van der Waals surface area contributed by atoms with Crippen LogP contribution in [0.25, 0.3) is 11.4 Å². The molecule has 2 heterocycles. The first-order chi connectivity index (χ1) is 10.2. The molecule has 1 unspecified atom stereocenters. The molecule has 21 heavy (non-hydrogen) atoms. The number of likely N-dealkylation sites (N-methyl/N-ethyl adjacent to an activating group) is 1. The third-order valence-corrected chi connectivity index (χ3v) is 4.42. The number of aromatic nitrogens is 2. The monoisotopic (exact) mass is 287 g/mol. The van der Waals surface area contributed by atoms with Gasteiger partial charge in [-0.1, -0.05) is 6.92 Å². The average Bonchev–Trinajstić information content (AvgIpc) is 2.96. The third-order valence-electron chi connectivity index (χ3n) is 4.42. The third kappa shape index (κ3) is 2.86. The Morgan fingerprint density at radius 2 is 2.24 bits per heavy atom. The Hall–Kier alpha value is -1.68. The highest BCUT2D eigenvalue weighted by molar-refractivity contribution is 5.60. The summed E-state index contributed by atoms with van der Waals surface area (Å²) in [6, 6.07) is 5.39. The molecule has 0 saturated carbocycles. The van der Waals surface area contributed by atoms with E-state index in [9.17, 15) is 4.39 Å². The van der Waals surface area contributed by atoms with E-state index in [-0.39, 0.29) is 5.82 Å². The van der Waals surface area contributed by atoms with Gasteiger partial charge >= 0.3 is 0 Å². The van der Waals surface area contributed by atoms with E-state index >= 15 is 0 Å². The van der Waals surface area contributed by atoms with Gasteiger partial charge in [0.15, 0.2) is 0 Å². The molecule has 2 aromatic rings. The summed E-state index contributed by atoms with van der Waals surface area (Å²) in [6.45, 7) is 7.50. The van der Waals surface area contributed by atoms with Crippen LogP contribution >= 0.6 is 0 Å². The van der Waals surface area contributed by atoms with Crippen LogP contribution in [-0.2, 0) is 0 Å². The molecule has 1 fully saturated rings. The molecule has 1 aliphatic rings. The number of benzene rings is 1. The number of hydrogen-bond acceptors (Lipinski definition) is 2. The Bertz CT molecular complexity index is 620. The topological polar surface area (TPSA) is 21.1 Å². The fourth-order valence-corrected chi connectivity index (χ4v) is 3.24. The van der Waals surface area contributed by atoms with Crippen LogP contribution in [0.1, 0.15) is 31.4 Å². The van der Waals surface area contributed by atoms with Crippen molar-refractivity contribution in [3.63, 3.8) is 0 Å². The summed E-state index contributed by atoms with van der Waals surface area (Å²) >= 11 is 0. The molecule has 3 rings (SSSR count). The Morgan fingerprint density at radius 3 is 3.00 bits per heavy atom. The second-order valence-electron chi connectivity index (χ2n) is 5.81. The molecule has 0 N–H and O–H groups in total. The Balaban J connectivity index is 1.93. The largest absolute Gasteiger partial charge is 0.327 e. The maximum absolute atomic E-state index is 13.3. The predicted octanol–water partition coefficient (Wildman–Crippen LogP) is 3.65. The Morgan fingerprint density at radius 1 is 1.38 bits per heavy atom. The van der Waals surface area contributed by atoms with Crippen LogP contribution in [0, 0.1) is 12.7 Å². The van der Waals surface area contributed by atoms with E-state index < -0.39 is 0 Å². The summed E-state index contributed by atoms with van der Waals surface area (Å²) in [6.07, 6.45) is 6.31. The molecule has 0 aliphatic carbocycles. The van der Waals surface area contributed by atoms with Crippen molar-refractivity contribution in [1.82, 2.24) is 14.5 Å². The van der Waals surface area contributed by atoms with Gasteiger partial charge in [-0.3, -0.25) is 0 Å². The fourth-order valence-electron chi connectivity index (χ4n) is 3.24. The average molecular weight is 287 g/mol. The van der Waals surface area contributed by atoms with Crippen molar-refractivity contribution in [2.24, 2.45) is 0 Å². The lowest BCUT2D eigenvalue weighted by atomic mass is 10.0. The maximum Gasteiger partial charge on any atom is 0.140 e. The normalized spacial score (nSPS) is 19.9. The number of halogens is 1. The molecule has 0 spiro atoms. The zero-order valence-corrected chi connectivity index (χ0v) is 12.7. The van der Waals surface area contributed by atoms with Crippen molar-refractivity contribution < 1.29 is 4.39 Å². The highest BCUT2D eigenvalue weighted by Gasteiger charge is 2.22. The molecule has 1 atom stereocenters. The molecule has 112 valence electrons. The molecular formula is C17H22FN3. The van der Waals surface area contributed by atoms with Gasteiger partial charge in [0, 0.05) is 30.5 Å². The van der Waals surface area contributed by atoms with Crippen LogP contribution in [0.5, 0.6) is 0 Å². The van der Waals surface area contributed by atoms with Crippen molar-refractivity contribution >= 4 is 0 Å². The van der Waals surface area contributed by atoms with E-state index in [1.807, 2.05) is 19.2 Å². The first-order valence-electron chi connectivity index (χ1n) is 7.70. The molecule has 1 saturated heterocycles. The first-order valence-corrected chi connectivity index (χ1v) is 7.70. The molecule has 1 aromatic carbocycles. The standard InChI is InChI=1S/C17H22FN3/c1-3-20-9-4-5-15(12-20)21-10-8-19-17(21)16-7-6-14(18)11-13(16)2/h6-8,10-11,15H,3-5,9,12H2,1-2H3. The van der Waals surface area contributed by atoms with Gasteiger partial charge in [-0.25, -0.2) is 9.37 Å². The summed E-state index contributed by atoms with van der Waals surface area (Å²) in [5, 5.41) is 0. The van der Waals surface area contributed by atoms with Gasteiger partial charge < -0.3 is 9.47 Å². The number of aryl methyl sites for hydroxylation is 1. The number of likely N-dealkylation sites (tertiary alicyclic amines) is 1. The molecule has 0 radical (unpaired) electrons. The van der Waals surface area contributed by atoms with E-state index in [0.29, 0.717) is 6.04 Å². The SMILES string of the molecule is CCN1CCCC(n2ccnc2-c2ccc(F)cc2C)C1. The molecule has 1 aromatic heterocycles. The number of rotatable bonds is 3. The van der Waals surface area contributed by atoms with Crippen molar-refractivity contribution in [2.75, 3.05) is 19.6 Å². The zero-order chi connectivity index (χ0) is 14.8. The maximum atomic E-state index is 13.3. The van der Waals surface area contributed by atoms with Crippen LogP contribution in [0.3, 0.4) is 0 Å². The molecule has 0 amide bonds. The van der Waals surface area contributed by atoms with Gasteiger partial charge in [0.25, 0.3) is 0 Å². The van der Waals surface area contributed by atoms with Gasteiger partial charge in [0.1, 0.15) is 11.6 Å². The van der Waals surface area contributed by atoms with Crippen molar-refractivity contribution in [3.05, 3.63) is 42.0 Å². The van der Waals surface area contributed by atoms with Crippen LogP contribution < -0.4 is 0 Å². The second-order valence-corrected chi connectivity index (χ2v) is 5.81. The quantitative estimate of drug-likeness (QED) is 0.859. The minimum Gasteiger partial charge on any atom is -0.327 e. The number of nitrogens with zero attached hydrogens (tertiary/aromatic N) is 3. The fraction of sp³-hybridized carbons (Fsp3) is 0.471. The summed E-state index contributed by atoms with van der Waals surface area (Å²) in [5.41, 5.74) is 1.96. The van der Waals surface area contributed by atoms with E-state index in [1.54, 1.807) is 6.07 Å². The smallest absolute Gasteiger partial charge is 0.140 e. The zero-order valence-electron chi connectivity index (χ0n) is 12.7. The minimum atomic E-state index is -0.191. The predicted molar refractivity (Wildman–Crippen MR) is 82.7 cm³/mol. The van der Waals surface area contributed by atoms with Crippen molar-refractivity contribution in [1.29, 1.82) is 0 Å². The van der Waals surface area contributed by atoms with Crippen LogP contribution in [0.4, 0.5) is 4.39 Å². The summed E-state index contributed by atoms with van der Waals surface area (Å²) in [7, 11) is 0. The highest BCUT2D eigenvalue weighted by atomic mass is 19.1. The highest BCUT2D eigenvalue weighted by Crippen LogP contribution is 2.29. The lowest BCUT2D eigenvalue weighted by Gasteiger charge is -2.33. The van der Waals surface area contributed by atoms with Crippen LogP contribution in [0.2, 0.25) is 0 Å². The molecule has 0 bridgehead atoms. The number of hydrogen-bond donors (Lipinski definition) is 0. The lowest BCUT2D eigenvalue weighted by molar-refractivity contribution is 0.186. The van der Waals surface area contributed by atoms with Gasteiger partial charge in [0.2, 0.25) is 0 Å². The molecular weight excluding hydrogens is 265 g/mol. The van der Waals surface area contributed by atoms with Crippen molar-refractivity contribution in [2.45, 2.75) is 32.7 Å². The Labute approximate surface area is 125 Å². The number of imidazole rings is 1. The summed E-state index contributed by atoms with van der Waals surface area (Å²) in [5.74, 6) is 0.764. The minimum absolute atomic E-state index is 0.191. The molecule has 3 nitrogen and oxygen atoms in total. The van der Waals surface area contributed by atoms with E-state index in [1.165, 1.54) is 25.5 Å². The van der Waals surface area contributed by atoms with Gasteiger partial charge in [-0.05, 0) is 56.6 Å². The van der Waals surface area contributed by atoms with Crippen LogP contribution in [-0.4, -0.2) is 34.1 Å². The van der Waals surface area contributed by atoms with E-state index in [0.717, 1.165) is 30.0 Å². The van der Waals surface area contributed by atoms with Crippen molar-refractivity contribution in [3.8, 4) is 11.4 Å². The first kappa shape index (κ1) is 14.3. The lowest BCUT2D eigenvalue weighted by Crippen LogP contribution is -2.36. The Kier molecular flexibility index (Phi) is 4.06. The van der Waals surface area contributed by atoms with Gasteiger partial charge in [-0.15, -0.1) is 0 Å². The number of piperidine rings is 1. The molecule has 1 aliphatic heterocycles. The summed E-state index contributed by atoms with van der Waals surface area (Å²) < 4.78 is 15.6. The van der Waals surface area contributed by atoms with Crippen LogP contribution in [0.15, 0.2) is 30.6 Å². The second kappa shape index (κ2) is 5.98. The van der Waals surface area contributed by atoms with Gasteiger partial charge in [-0.2, -0.15) is 0 Å². The summed E-state index contributed by atoms with van der Waals surface area (Å²) in [4.78, 5) is 7.01. The molecule has 4 heteroatoms. The van der Waals surface area contributed by atoms with E-state index in [4.69, 9.17) is 0 Å². The van der Waals surface area contributed by atoms with E-state index in [2.05, 4.69) is 27.6 Å².